The summed E-state index contributed by atoms with van der Waals surface area (Å²) in [6.07, 6.45) is 2.74. The highest BCUT2D eigenvalue weighted by Gasteiger charge is 2.49. The van der Waals surface area contributed by atoms with Crippen LogP contribution in [0.4, 0.5) is 10.2 Å². The summed E-state index contributed by atoms with van der Waals surface area (Å²) < 4.78 is 21.4. The van der Waals surface area contributed by atoms with Gasteiger partial charge in [-0.25, -0.2) is 9.37 Å². The summed E-state index contributed by atoms with van der Waals surface area (Å²) >= 11 is 0. The van der Waals surface area contributed by atoms with E-state index in [0.29, 0.717) is 41.7 Å². The van der Waals surface area contributed by atoms with Crippen LogP contribution in [-0.4, -0.2) is 73.1 Å². The Balaban J connectivity index is 1.32. The molecule has 6 rings (SSSR count). The van der Waals surface area contributed by atoms with Crippen LogP contribution in [-0.2, 0) is 13.1 Å². The fourth-order valence-electron chi connectivity index (χ4n) is 5.01. The molecule has 9 nitrogen and oxygen atoms in total. The summed E-state index contributed by atoms with van der Waals surface area (Å²) in [6.45, 7) is 6.00. The highest BCUT2D eigenvalue weighted by molar-refractivity contribution is 5.85. The minimum atomic E-state index is -0.439. The minimum Gasteiger partial charge on any atom is -0.464 e. The lowest BCUT2D eigenvalue weighted by Crippen LogP contribution is -2.77. The number of benzene rings is 1. The molecule has 2 saturated heterocycles. The lowest BCUT2D eigenvalue weighted by Gasteiger charge is -2.61. The Kier molecular flexibility index (Phi) is 5.34. The minimum absolute atomic E-state index is 0.187. The molecule has 5 heterocycles. The molecule has 2 aliphatic heterocycles. The van der Waals surface area contributed by atoms with Gasteiger partial charge in [0.1, 0.15) is 11.6 Å². The van der Waals surface area contributed by atoms with Crippen molar-refractivity contribution < 1.29 is 9.13 Å². The van der Waals surface area contributed by atoms with Crippen LogP contribution in [0.2, 0.25) is 0 Å². The second kappa shape index (κ2) is 8.54. The Labute approximate surface area is 202 Å². The molecular weight excluding hydrogens is 447 g/mol. The molecule has 35 heavy (non-hydrogen) atoms. The number of aromatic nitrogens is 5. The number of hydrogen-bond acceptors (Lipinski definition) is 8. The predicted octanol–water partition coefficient (Wildman–Crippen LogP) is 2.55. The monoisotopic (exact) mass is 474 g/mol. The van der Waals surface area contributed by atoms with Gasteiger partial charge in [0.15, 0.2) is 17.0 Å². The lowest BCUT2D eigenvalue weighted by atomic mass is 9.86. The average Bonchev–Trinajstić information content (AvgIpc) is 3.20. The number of imidazole rings is 1. The first kappa shape index (κ1) is 21.9. The van der Waals surface area contributed by atoms with Crippen molar-refractivity contribution >= 4 is 17.0 Å². The van der Waals surface area contributed by atoms with E-state index in [4.69, 9.17) is 10.5 Å². The molecule has 180 valence electrons. The number of hydrogen-bond donors (Lipinski definition) is 1. The number of nitrogen functional groups attached to an aromatic ring is 1. The van der Waals surface area contributed by atoms with Crippen molar-refractivity contribution in [3.8, 4) is 17.4 Å². The summed E-state index contributed by atoms with van der Waals surface area (Å²) in [5, 5.41) is 0. The summed E-state index contributed by atoms with van der Waals surface area (Å²) in [5.41, 5.74) is 10.1. The maximum atomic E-state index is 14.0. The van der Waals surface area contributed by atoms with E-state index in [-0.39, 0.29) is 11.8 Å². The van der Waals surface area contributed by atoms with Crippen LogP contribution < -0.4 is 10.5 Å². The van der Waals surface area contributed by atoms with Gasteiger partial charge in [-0.15, -0.1) is 0 Å². The topological polar surface area (TPSA) is 98.2 Å². The molecule has 0 radical (unpaired) electrons. The zero-order valence-electron chi connectivity index (χ0n) is 19.7. The molecular formula is C25H27FN8O. The largest absolute Gasteiger partial charge is 0.464 e. The Bertz CT molecular complexity index is 1390. The van der Waals surface area contributed by atoms with Gasteiger partial charge < -0.3 is 15.0 Å². The van der Waals surface area contributed by atoms with E-state index in [0.717, 1.165) is 31.2 Å². The van der Waals surface area contributed by atoms with Crippen LogP contribution in [0.25, 0.3) is 22.6 Å². The molecule has 0 amide bonds. The predicted molar refractivity (Wildman–Crippen MR) is 130 cm³/mol. The number of piperazine rings is 1. The second-order valence-electron chi connectivity index (χ2n) is 9.23. The number of rotatable bonds is 7. The van der Waals surface area contributed by atoms with E-state index in [2.05, 4.69) is 61.0 Å². The van der Waals surface area contributed by atoms with Crippen molar-refractivity contribution in [2.75, 3.05) is 32.5 Å². The van der Waals surface area contributed by atoms with Gasteiger partial charge in [-0.05, 0) is 31.2 Å². The number of likely N-dealkylation sites (N-methyl/N-ethyl adjacent to an activating group) is 1. The number of nitrogens with two attached hydrogens (primary N) is 1. The molecule has 2 unspecified atom stereocenters. The number of halogens is 1. The number of fused-ring (bicyclic) bond motifs is 2. The van der Waals surface area contributed by atoms with Crippen molar-refractivity contribution in [2.24, 2.45) is 0 Å². The molecule has 2 fully saturated rings. The highest BCUT2D eigenvalue weighted by atomic mass is 19.1. The Morgan fingerprint density at radius 2 is 1.80 bits per heavy atom. The number of pyridine rings is 1. The van der Waals surface area contributed by atoms with Crippen LogP contribution in [0.5, 0.6) is 6.01 Å². The summed E-state index contributed by atoms with van der Waals surface area (Å²) in [5.74, 6) is 0.296. The Morgan fingerprint density at radius 3 is 2.46 bits per heavy atom. The van der Waals surface area contributed by atoms with Crippen LogP contribution in [0.1, 0.15) is 18.1 Å². The molecule has 1 aromatic carbocycles. The van der Waals surface area contributed by atoms with Gasteiger partial charge in [0.05, 0.1) is 19.3 Å². The second-order valence-corrected chi connectivity index (χ2v) is 9.23. The normalized spacial score (nSPS) is 19.9. The van der Waals surface area contributed by atoms with Gasteiger partial charge >= 0.3 is 6.01 Å². The zero-order chi connectivity index (χ0) is 24.1. The van der Waals surface area contributed by atoms with Crippen molar-refractivity contribution in [2.45, 2.75) is 32.1 Å². The number of likely N-dealkylation sites (tertiary alicyclic amines) is 2. The van der Waals surface area contributed by atoms with Crippen molar-refractivity contribution in [1.29, 1.82) is 0 Å². The summed E-state index contributed by atoms with van der Waals surface area (Å²) in [4.78, 5) is 22.4. The fraction of sp³-hybridized carbons (Fsp3) is 0.360. The third-order valence-electron chi connectivity index (χ3n) is 6.96. The van der Waals surface area contributed by atoms with E-state index in [1.807, 2.05) is 11.5 Å². The van der Waals surface area contributed by atoms with Crippen molar-refractivity contribution in [1.82, 2.24) is 34.3 Å². The quantitative estimate of drug-likeness (QED) is 0.436. The van der Waals surface area contributed by atoms with Crippen LogP contribution in [0.3, 0.4) is 0 Å². The van der Waals surface area contributed by atoms with E-state index >= 15 is 0 Å². The fourth-order valence-corrected chi connectivity index (χ4v) is 5.01. The lowest BCUT2D eigenvalue weighted by molar-refractivity contribution is -0.115. The van der Waals surface area contributed by atoms with Gasteiger partial charge in [0, 0.05) is 43.5 Å². The van der Waals surface area contributed by atoms with Gasteiger partial charge in [-0.3, -0.25) is 14.8 Å². The van der Waals surface area contributed by atoms with Gasteiger partial charge in [-0.1, -0.05) is 24.3 Å². The van der Waals surface area contributed by atoms with Crippen LogP contribution in [0, 0.1) is 5.82 Å². The maximum absolute atomic E-state index is 14.0. The van der Waals surface area contributed by atoms with E-state index in [1.54, 1.807) is 6.20 Å². The molecule has 3 aromatic heterocycles. The Morgan fingerprint density at radius 1 is 1.03 bits per heavy atom. The van der Waals surface area contributed by atoms with Gasteiger partial charge in [0.2, 0.25) is 0 Å². The van der Waals surface area contributed by atoms with Gasteiger partial charge in [-0.2, -0.15) is 9.97 Å². The first-order valence-corrected chi connectivity index (χ1v) is 11.8. The first-order valence-electron chi connectivity index (χ1n) is 11.8. The zero-order valence-corrected chi connectivity index (χ0v) is 19.7. The number of anilines is 1. The third-order valence-corrected chi connectivity index (χ3v) is 6.96. The number of nitrogens with zero attached hydrogens (tertiary/aromatic N) is 7. The number of ether oxygens (including phenoxy) is 1. The standard InChI is InChI=1S/C25H27FN8O/c1-3-35-25-30-22(27)21-24(31-25)34(23(29-21)17-8-18(26)10-28-9-17)12-16-6-4-15(5-7-16)11-33-14-19-20(33)13-32(19)2/h4-10,19-20H,3,11-14H2,1-2H3,(H2,27,30,31). The summed E-state index contributed by atoms with van der Waals surface area (Å²) in [6, 6.07) is 11.6. The Hall–Kier alpha value is -3.63. The molecule has 4 aromatic rings. The smallest absolute Gasteiger partial charge is 0.320 e. The van der Waals surface area contributed by atoms with E-state index < -0.39 is 5.82 Å². The SMILES string of the molecule is CCOc1nc(N)c2nc(-c3cncc(F)c3)n(Cc3ccc(CN4CC5C4CN5C)cc3)c2n1. The first-order chi connectivity index (χ1) is 17.0. The molecule has 2 atom stereocenters. The van der Waals surface area contributed by atoms with Crippen LogP contribution in [0.15, 0.2) is 42.7 Å². The maximum Gasteiger partial charge on any atom is 0.320 e. The highest BCUT2D eigenvalue weighted by Crippen LogP contribution is 2.33. The van der Waals surface area contributed by atoms with Crippen molar-refractivity contribution in [3.05, 3.63) is 59.7 Å². The van der Waals surface area contributed by atoms with Gasteiger partial charge in [0.25, 0.3) is 0 Å². The average molecular weight is 475 g/mol. The van der Waals surface area contributed by atoms with E-state index in [9.17, 15) is 4.39 Å². The van der Waals surface area contributed by atoms with Crippen molar-refractivity contribution in [3.63, 3.8) is 0 Å². The molecule has 2 aliphatic rings. The summed E-state index contributed by atoms with van der Waals surface area (Å²) in [7, 11) is 2.19. The van der Waals surface area contributed by atoms with E-state index in [1.165, 1.54) is 17.8 Å². The molecule has 0 aliphatic carbocycles. The molecule has 10 heteroatoms. The molecule has 0 bridgehead atoms. The molecule has 0 spiro atoms. The van der Waals surface area contributed by atoms with Crippen LogP contribution >= 0.6 is 0 Å². The third kappa shape index (κ3) is 3.88. The molecule has 0 saturated carbocycles. The molecule has 2 N–H and O–H groups in total.